The molecule has 6 heteroatoms. The molecule has 0 bridgehead atoms. The predicted molar refractivity (Wildman–Crippen MR) is 70.5 cm³/mol. The Balaban J connectivity index is 2.70. The molecule has 6 nitrogen and oxygen atoms in total. The van der Waals surface area contributed by atoms with Gasteiger partial charge in [-0.05, 0) is 13.0 Å². The molecular weight excluding hydrogens is 246 g/mol. The molecule has 19 heavy (non-hydrogen) atoms. The van der Waals surface area contributed by atoms with Crippen LogP contribution in [0.25, 0.3) is 5.65 Å². The molecule has 0 aromatic carbocycles. The Morgan fingerprint density at radius 3 is 2.68 bits per heavy atom. The standard InChI is InChI=1S/C13H17N3O3/c1-5-19-12(18)8-6-9(13(2,3)4)16-10(14-8)7-11(17)15-16/h6-7H,5H2,1-4H3,(H,15,17). The van der Waals surface area contributed by atoms with Crippen LogP contribution in [0.5, 0.6) is 0 Å². The normalized spacial score (nSPS) is 11.8. The molecule has 0 unspecified atom stereocenters. The Labute approximate surface area is 110 Å². The van der Waals surface area contributed by atoms with Crippen LogP contribution in [0.15, 0.2) is 16.9 Å². The highest BCUT2D eigenvalue weighted by atomic mass is 16.5. The van der Waals surface area contributed by atoms with Gasteiger partial charge in [-0.3, -0.25) is 9.89 Å². The number of hydrogen-bond donors (Lipinski definition) is 1. The summed E-state index contributed by atoms with van der Waals surface area (Å²) in [4.78, 5) is 27.4. The summed E-state index contributed by atoms with van der Waals surface area (Å²) in [6, 6.07) is 3.01. The zero-order valence-electron chi connectivity index (χ0n) is 11.5. The Morgan fingerprint density at radius 2 is 2.11 bits per heavy atom. The number of hydrogen-bond acceptors (Lipinski definition) is 4. The average molecular weight is 263 g/mol. The fourth-order valence-electron chi connectivity index (χ4n) is 1.86. The Hall–Kier alpha value is -2.11. The molecule has 0 saturated carbocycles. The fourth-order valence-corrected chi connectivity index (χ4v) is 1.86. The number of carbonyl (C=O) groups excluding carboxylic acids is 1. The van der Waals surface area contributed by atoms with Crippen LogP contribution in [0.4, 0.5) is 0 Å². The van der Waals surface area contributed by atoms with Gasteiger partial charge in [0, 0.05) is 11.5 Å². The molecule has 0 aliphatic carbocycles. The quantitative estimate of drug-likeness (QED) is 0.833. The van der Waals surface area contributed by atoms with Gasteiger partial charge in [-0.2, -0.15) is 0 Å². The number of nitrogens with one attached hydrogen (secondary N) is 1. The largest absolute Gasteiger partial charge is 0.461 e. The molecule has 1 N–H and O–H groups in total. The first-order chi connectivity index (χ1) is 8.82. The third-order valence-corrected chi connectivity index (χ3v) is 2.71. The van der Waals surface area contributed by atoms with Gasteiger partial charge in [-0.15, -0.1) is 0 Å². The molecule has 102 valence electrons. The third kappa shape index (κ3) is 2.52. The van der Waals surface area contributed by atoms with Crippen molar-refractivity contribution >= 4 is 11.6 Å². The third-order valence-electron chi connectivity index (χ3n) is 2.71. The minimum atomic E-state index is -0.482. The van der Waals surface area contributed by atoms with Gasteiger partial charge in [0.15, 0.2) is 11.3 Å². The van der Waals surface area contributed by atoms with Gasteiger partial charge in [0.05, 0.1) is 12.3 Å². The van der Waals surface area contributed by atoms with Gasteiger partial charge in [0.2, 0.25) is 0 Å². The number of carbonyl (C=O) groups is 1. The van der Waals surface area contributed by atoms with Gasteiger partial charge in [-0.25, -0.2) is 14.3 Å². The molecule has 0 aliphatic heterocycles. The summed E-state index contributed by atoms with van der Waals surface area (Å²) in [5.74, 6) is -0.482. The van der Waals surface area contributed by atoms with Crippen molar-refractivity contribution in [1.82, 2.24) is 14.6 Å². The van der Waals surface area contributed by atoms with Gasteiger partial charge < -0.3 is 4.74 Å². The van der Waals surface area contributed by atoms with Crippen LogP contribution in [0.1, 0.15) is 43.9 Å². The van der Waals surface area contributed by atoms with Crippen molar-refractivity contribution in [2.24, 2.45) is 0 Å². The predicted octanol–water partition coefficient (Wildman–Crippen LogP) is 1.50. The maximum Gasteiger partial charge on any atom is 0.357 e. The van der Waals surface area contributed by atoms with Crippen LogP contribution in [0, 0.1) is 0 Å². The maximum absolute atomic E-state index is 11.8. The molecule has 0 saturated heterocycles. The summed E-state index contributed by atoms with van der Waals surface area (Å²) in [5, 5.41) is 2.68. The van der Waals surface area contributed by atoms with E-state index < -0.39 is 5.97 Å². The molecule has 0 atom stereocenters. The number of fused-ring (bicyclic) bond motifs is 1. The Kier molecular flexibility index (Phi) is 3.18. The number of nitrogens with zero attached hydrogens (tertiary/aromatic N) is 2. The van der Waals surface area contributed by atoms with Crippen molar-refractivity contribution in [1.29, 1.82) is 0 Å². The molecule has 2 aromatic rings. The lowest BCUT2D eigenvalue weighted by Crippen LogP contribution is -2.20. The molecule has 2 aromatic heterocycles. The number of esters is 1. The van der Waals surface area contributed by atoms with E-state index >= 15 is 0 Å². The summed E-state index contributed by atoms with van der Waals surface area (Å²) >= 11 is 0. The SMILES string of the molecule is CCOC(=O)c1cc(C(C)(C)C)n2[nH]c(=O)cc2n1. The summed E-state index contributed by atoms with van der Waals surface area (Å²) in [6.07, 6.45) is 0. The highest BCUT2D eigenvalue weighted by Crippen LogP contribution is 2.22. The Bertz CT molecular complexity index is 676. The molecule has 0 amide bonds. The fraction of sp³-hybridized carbons (Fsp3) is 0.462. The lowest BCUT2D eigenvalue weighted by Gasteiger charge is -2.20. The van der Waals surface area contributed by atoms with Gasteiger partial charge >= 0.3 is 5.97 Å². The second-order valence-electron chi connectivity index (χ2n) is 5.31. The summed E-state index contributed by atoms with van der Waals surface area (Å²) in [6.45, 7) is 8.01. The van der Waals surface area contributed by atoms with Gasteiger partial charge in [0.25, 0.3) is 5.56 Å². The van der Waals surface area contributed by atoms with Gasteiger partial charge in [-0.1, -0.05) is 20.8 Å². The van der Waals surface area contributed by atoms with Crippen LogP contribution in [0.2, 0.25) is 0 Å². The number of H-pyrrole nitrogens is 1. The lowest BCUT2D eigenvalue weighted by atomic mass is 9.91. The second-order valence-corrected chi connectivity index (χ2v) is 5.31. The topological polar surface area (TPSA) is 76.5 Å². The van der Waals surface area contributed by atoms with Crippen LogP contribution < -0.4 is 5.56 Å². The van der Waals surface area contributed by atoms with Crippen molar-refractivity contribution in [2.45, 2.75) is 33.1 Å². The van der Waals surface area contributed by atoms with Crippen molar-refractivity contribution < 1.29 is 9.53 Å². The van der Waals surface area contributed by atoms with Crippen molar-refractivity contribution in [3.05, 3.63) is 33.9 Å². The Morgan fingerprint density at radius 1 is 1.42 bits per heavy atom. The first-order valence-electron chi connectivity index (χ1n) is 6.13. The number of aromatic nitrogens is 3. The van der Waals surface area contributed by atoms with Gasteiger partial charge in [0.1, 0.15) is 0 Å². The first kappa shape index (κ1) is 13.3. The number of aromatic amines is 1. The van der Waals surface area contributed by atoms with E-state index in [0.29, 0.717) is 5.65 Å². The second kappa shape index (κ2) is 4.53. The maximum atomic E-state index is 11.8. The zero-order chi connectivity index (χ0) is 14.2. The van der Waals surface area contributed by atoms with E-state index in [0.717, 1.165) is 5.69 Å². The summed E-state index contributed by atoms with van der Waals surface area (Å²) in [7, 11) is 0. The number of ether oxygens (including phenoxy) is 1. The summed E-state index contributed by atoms with van der Waals surface area (Å²) in [5.41, 5.74) is 0.928. The molecule has 0 spiro atoms. The highest BCUT2D eigenvalue weighted by Gasteiger charge is 2.22. The van der Waals surface area contributed by atoms with Crippen molar-refractivity contribution in [3.8, 4) is 0 Å². The minimum absolute atomic E-state index is 0.214. The highest BCUT2D eigenvalue weighted by molar-refractivity contribution is 5.88. The van der Waals surface area contributed by atoms with Crippen LogP contribution in [-0.4, -0.2) is 27.2 Å². The summed E-state index contributed by atoms with van der Waals surface area (Å²) < 4.78 is 6.55. The van der Waals surface area contributed by atoms with Crippen molar-refractivity contribution in [2.75, 3.05) is 6.61 Å². The molecule has 2 rings (SSSR count). The van der Waals surface area contributed by atoms with E-state index in [9.17, 15) is 9.59 Å². The van der Waals surface area contributed by atoms with E-state index in [-0.39, 0.29) is 23.3 Å². The van der Waals surface area contributed by atoms with E-state index in [1.165, 1.54) is 6.07 Å². The minimum Gasteiger partial charge on any atom is -0.461 e. The molecule has 0 fully saturated rings. The molecule has 0 radical (unpaired) electrons. The van der Waals surface area contributed by atoms with E-state index in [4.69, 9.17) is 4.74 Å². The first-order valence-corrected chi connectivity index (χ1v) is 6.13. The average Bonchev–Trinajstić information content (AvgIpc) is 2.66. The zero-order valence-corrected chi connectivity index (χ0v) is 11.5. The lowest BCUT2D eigenvalue weighted by molar-refractivity contribution is 0.0519. The molecule has 0 aliphatic rings. The van der Waals surface area contributed by atoms with E-state index in [2.05, 4.69) is 10.1 Å². The van der Waals surface area contributed by atoms with Crippen LogP contribution in [-0.2, 0) is 10.2 Å². The van der Waals surface area contributed by atoms with Crippen molar-refractivity contribution in [3.63, 3.8) is 0 Å². The van der Waals surface area contributed by atoms with Crippen LogP contribution >= 0.6 is 0 Å². The van der Waals surface area contributed by atoms with E-state index in [1.807, 2.05) is 20.8 Å². The molecular formula is C13H17N3O3. The monoisotopic (exact) mass is 263 g/mol. The van der Waals surface area contributed by atoms with E-state index in [1.54, 1.807) is 17.5 Å². The smallest absolute Gasteiger partial charge is 0.357 e. The number of rotatable bonds is 2. The molecule has 2 heterocycles. The van der Waals surface area contributed by atoms with Crippen LogP contribution in [0.3, 0.4) is 0 Å².